The third kappa shape index (κ3) is 2.90. The van der Waals surface area contributed by atoms with E-state index in [2.05, 4.69) is 11.0 Å². The van der Waals surface area contributed by atoms with Crippen molar-refractivity contribution in [3.05, 3.63) is 35.9 Å². The van der Waals surface area contributed by atoms with Crippen molar-refractivity contribution in [1.82, 2.24) is 4.90 Å². The first-order valence-corrected chi connectivity index (χ1v) is 6.59. The summed E-state index contributed by atoms with van der Waals surface area (Å²) in [5.41, 5.74) is 1.00. The van der Waals surface area contributed by atoms with Gasteiger partial charge < -0.3 is 5.11 Å². The Balaban J connectivity index is 1.92. The molecule has 0 bridgehead atoms. The molecule has 1 aliphatic heterocycles. The summed E-state index contributed by atoms with van der Waals surface area (Å²) in [6.07, 6.45) is 1.55. The average Bonchev–Trinajstić information content (AvgIpc) is 2.47. The van der Waals surface area contributed by atoms with Crippen LogP contribution in [0.2, 0.25) is 0 Å². The lowest BCUT2D eigenvalue weighted by molar-refractivity contribution is 0.0540. The van der Waals surface area contributed by atoms with Crippen LogP contribution in [0.25, 0.3) is 0 Å². The van der Waals surface area contributed by atoms with Crippen molar-refractivity contribution in [2.75, 3.05) is 13.1 Å². The number of hydrogen-bond acceptors (Lipinski definition) is 3. The Morgan fingerprint density at radius 1 is 1.28 bits per heavy atom. The fourth-order valence-corrected chi connectivity index (χ4v) is 2.63. The molecule has 2 unspecified atom stereocenters. The van der Waals surface area contributed by atoms with E-state index in [0.717, 1.165) is 31.5 Å². The molecule has 1 aliphatic rings. The SMILES string of the molecule is CC(C#N)N1CCC(C(O)c2ccccc2)CC1. The molecule has 1 aromatic rings. The van der Waals surface area contributed by atoms with Crippen LogP contribution in [0.15, 0.2) is 30.3 Å². The summed E-state index contributed by atoms with van der Waals surface area (Å²) in [5.74, 6) is 0.314. The van der Waals surface area contributed by atoms with Crippen molar-refractivity contribution >= 4 is 0 Å². The first-order valence-electron chi connectivity index (χ1n) is 6.59. The molecule has 18 heavy (non-hydrogen) atoms. The van der Waals surface area contributed by atoms with Gasteiger partial charge in [-0.3, -0.25) is 4.90 Å². The largest absolute Gasteiger partial charge is 0.388 e. The van der Waals surface area contributed by atoms with Gasteiger partial charge in [0.25, 0.3) is 0 Å². The van der Waals surface area contributed by atoms with Gasteiger partial charge in [-0.05, 0) is 44.3 Å². The zero-order valence-electron chi connectivity index (χ0n) is 10.8. The molecule has 3 nitrogen and oxygen atoms in total. The highest BCUT2D eigenvalue weighted by Gasteiger charge is 2.27. The molecule has 1 aromatic carbocycles. The molecular weight excluding hydrogens is 224 g/mol. The maximum Gasteiger partial charge on any atom is 0.0949 e. The quantitative estimate of drug-likeness (QED) is 0.887. The van der Waals surface area contributed by atoms with Crippen LogP contribution in [0, 0.1) is 17.2 Å². The van der Waals surface area contributed by atoms with Crippen LogP contribution in [-0.2, 0) is 0 Å². The van der Waals surface area contributed by atoms with Crippen LogP contribution in [0.1, 0.15) is 31.4 Å². The molecule has 0 amide bonds. The molecule has 0 radical (unpaired) electrons. The number of aliphatic hydroxyl groups is 1. The number of nitriles is 1. The van der Waals surface area contributed by atoms with Gasteiger partial charge in [-0.1, -0.05) is 30.3 Å². The molecule has 1 N–H and O–H groups in total. The van der Waals surface area contributed by atoms with E-state index in [4.69, 9.17) is 5.26 Å². The molecule has 0 saturated carbocycles. The molecule has 2 rings (SSSR count). The highest BCUT2D eigenvalue weighted by atomic mass is 16.3. The number of aliphatic hydroxyl groups excluding tert-OH is 1. The van der Waals surface area contributed by atoms with Crippen molar-refractivity contribution < 1.29 is 5.11 Å². The van der Waals surface area contributed by atoms with Crippen molar-refractivity contribution in [3.8, 4) is 6.07 Å². The van der Waals surface area contributed by atoms with Gasteiger partial charge in [0.15, 0.2) is 0 Å². The number of hydrogen-bond donors (Lipinski definition) is 1. The zero-order valence-corrected chi connectivity index (χ0v) is 10.8. The molecule has 0 spiro atoms. The van der Waals surface area contributed by atoms with E-state index >= 15 is 0 Å². The minimum atomic E-state index is -0.370. The van der Waals surface area contributed by atoms with Gasteiger partial charge in [-0.15, -0.1) is 0 Å². The summed E-state index contributed by atoms with van der Waals surface area (Å²) < 4.78 is 0. The standard InChI is InChI=1S/C15H20N2O/c1-12(11-16)17-9-7-14(8-10-17)15(18)13-5-3-2-4-6-13/h2-6,12,14-15,18H,7-10H2,1H3. The fraction of sp³-hybridized carbons (Fsp3) is 0.533. The Morgan fingerprint density at radius 3 is 2.44 bits per heavy atom. The number of nitrogens with zero attached hydrogens (tertiary/aromatic N) is 2. The average molecular weight is 244 g/mol. The van der Waals surface area contributed by atoms with Crippen molar-refractivity contribution in [2.24, 2.45) is 5.92 Å². The van der Waals surface area contributed by atoms with Gasteiger partial charge >= 0.3 is 0 Å². The Bertz CT molecular complexity index is 404. The van der Waals surface area contributed by atoms with Gasteiger partial charge in [0.05, 0.1) is 18.2 Å². The lowest BCUT2D eigenvalue weighted by atomic mass is 9.87. The zero-order chi connectivity index (χ0) is 13.0. The van der Waals surface area contributed by atoms with E-state index in [-0.39, 0.29) is 12.1 Å². The second-order valence-corrected chi connectivity index (χ2v) is 5.03. The van der Waals surface area contributed by atoms with Crippen molar-refractivity contribution in [2.45, 2.75) is 31.9 Å². The maximum absolute atomic E-state index is 10.3. The summed E-state index contributed by atoms with van der Waals surface area (Å²) in [5, 5.41) is 19.2. The Morgan fingerprint density at radius 2 is 1.89 bits per heavy atom. The maximum atomic E-state index is 10.3. The molecule has 1 saturated heterocycles. The summed E-state index contributed by atoms with van der Waals surface area (Å²) in [6.45, 7) is 3.75. The van der Waals surface area contributed by atoms with Gasteiger partial charge in [0.1, 0.15) is 0 Å². The lowest BCUT2D eigenvalue weighted by Crippen LogP contribution is -2.40. The van der Waals surface area contributed by atoms with Crippen molar-refractivity contribution in [1.29, 1.82) is 5.26 Å². The van der Waals surface area contributed by atoms with E-state index in [9.17, 15) is 5.11 Å². The first kappa shape index (κ1) is 13.1. The smallest absolute Gasteiger partial charge is 0.0949 e. The number of benzene rings is 1. The van der Waals surface area contributed by atoms with Crippen LogP contribution < -0.4 is 0 Å². The lowest BCUT2D eigenvalue weighted by Gasteiger charge is -2.35. The van der Waals surface area contributed by atoms with Crippen LogP contribution in [-0.4, -0.2) is 29.1 Å². The Kier molecular flexibility index (Phi) is 4.35. The number of likely N-dealkylation sites (tertiary alicyclic amines) is 1. The first-order chi connectivity index (χ1) is 8.72. The minimum Gasteiger partial charge on any atom is -0.388 e. The molecule has 96 valence electrons. The molecule has 0 aliphatic carbocycles. The van der Waals surface area contributed by atoms with Crippen molar-refractivity contribution in [3.63, 3.8) is 0 Å². The second-order valence-electron chi connectivity index (χ2n) is 5.03. The van der Waals surface area contributed by atoms with Crippen LogP contribution >= 0.6 is 0 Å². The van der Waals surface area contributed by atoms with E-state index in [1.165, 1.54) is 0 Å². The van der Waals surface area contributed by atoms with Gasteiger partial charge in [-0.2, -0.15) is 5.26 Å². The second kappa shape index (κ2) is 5.99. The van der Waals surface area contributed by atoms with E-state index in [1.54, 1.807) is 0 Å². The monoisotopic (exact) mass is 244 g/mol. The highest BCUT2D eigenvalue weighted by molar-refractivity contribution is 5.18. The fourth-order valence-electron chi connectivity index (χ4n) is 2.63. The molecule has 1 fully saturated rings. The van der Waals surface area contributed by atoms with E-state index in [0.29, 0.717) is 5.92 Å². The summed E-state index contributed by atoms with van der Waals surface area (Å²) in [4.78, 5) is 2.19. The third-order valence-electron chi connectivity index (χ3n) is 3.90. The summed E-state index contributed by atoms with van der Waals surface area (Å²) in [7, 11) is 0. The molecule has 0 aromatic heterocycles. The normalized spacial score (nSPS) is 21.2. The predicted molar refractivity (Wildman–Crippen MR) is 70.8 cm³/mol. The summed E-state index contributed by atoms with van der Waals surface area (Å²) >= 11 is 0. The number of rotatable bonds is 3. The van der Waals surface area contributed by atoms with Crippen LogP contribution in [0.3, 0.4) is 0 Å². The van der Waals surface area contributed by atoms with Gasteiger partial charge in [-0.25, -0.2) is 0 Å². The Labute approximate surface area is 109 Å². The van der Waals surface area contributed by atoms with E-state index in [1.807, 2.05) is 37.3 Å². The third-order valence-corrected chi connectivity index (χ3v) is 3.90. The number of piperidine rings is 1. The van der Waals surface area contributed by atoms with Gasteiger partial charge in [0, 0.05) is 0 Å². The predicted octanol–water partition coefficient (Wildman–Crippen LogP) is 2.34. The molecule has 1 heterocycles. The molecular formula is C15H20N2O. The Hall–Kier alpha value is -1.37. The minimum absolute atomic E-state index is 0.0141. The highest BCUT2D eigenvalue weighted by Crippen LogP contribution is 2.30. The van der Waals surface area contributed by atoms with E-state index < -0.39 is 0 Å². The summed E-state index contributed by atoms with van der Waals surface area (Å²) in [6, 6.07) is 12.1. The topological polar surface area (TPSA) is 47.3 Å². The van der Waals surface area contributed by atoms with Crippen LogP contribution in [0.4, 0.5) is 0 Å². The molecule has 2 atom stereocenters. The molecule has 3 heteroatoms. The van der Waals surface area contributed by atoms with Crippen LogP contribution in [0.5, 0.6) is 0 Å². The van der Waals surface area contributed by atoms with Gasteiger partial charge in [0.2, 0.25) is 0 Å².